The molecule has 56 heavy (non-hydrogen) atoms. The summed E-state index contributed by atoms with van der Waals surface area (Å²) in [6.45, 7) is 5.66. The lowest BCUT2D eigenvalue weighted by Gasteiger charge is -2.36. The molecule has 1 atom stereocenters. The molecule has 0 spiro atoms. The summed E-state index contributed by atoms with van der Waals surface area (Å²) in [6, 6.07) is 8.97. The van der Waals surface area contributed by atoms with Gasteiger partial charge in [0.05, 0.1) is 17.5 Å². The predicted octanol–water partition coefficient (Wildman–Crippen LogP) is 1.09. The fourth-order valence-electron chi connectivity index (χ4n) is 7.62. The van der Waals surface area contributed by atoms with Crippen molar-refractivity contribution in [2.75, 3.05) is 51.2 Å². The van der Waals surface area contributed by atoms with Crippen LogP contribution in [-0.4, -0.2) is 133 Å². The van der Waals surface area contributed by atoms with Crippen molar-refractivity contribution in [3.8, 4) is 5.75 Å². The van der Waals surface area contributed by atoms with E-state index in [0.29, 0.717) is 49.8 Å². The van der Waals surface area contributed by atoms with Crippen LogP contribution in [0.3, 0.4) is 0 Å². The highest BCUT2D eigenvalue weighted by Crippen LogP contribution is 2.35. The van der Waals surface area contributed by atoms with Gasteiger partial charge < -0.3 is 24.8 Å². The minimum Gasteiger partial charge on any atom is -0.484 e. The van der Waals surface area contributed by atoms with E-state index in [1.807, 2.05) is 19.1 Å². The number of piperazine rings is 1. The van der Waals surface area contributed by atoms with Gasteiger partial charge in [-0.3, -0.25) is 43.9 Å². The third kappa shape index (κ3) is 7.38. The van der Waals surface area contributed by atoms with Crippen LogP contribution in [0.4, 0.5) is 5.82 Å². The monoisotopic (exact) mass is 763 g/mol. The number of anilines is 1. The molecule has 0 unspecified atom stereocenters. The third-order valence-electron chi connectivity index (χ3n) is 10.8. The van der Waals surface area contributed by atoms with E-state index in [1.165, 1.54) is 24.5 Å². The van der Waals surface area contributed by atoms with Gasteiger partial charge in [-0.25, -0.2) is 19.9 Å². The Morgan fingerprint density at radius 3 is 2.55 bits per heavy atom. The molecule has 0 bridgehead atoms. The zero-order valence-electron chi connectivity index (χ0n) is 30.8. The summed E-state index contributed by atoms with van der Waals surface area (Å²) in [6.07, 6.45) is 5.82. The van der Waals surface area contributed by atoms with Crippen LogP contribution in [0.5, 0.6) is 5.75 Å². The van der Waals surface area contributed by atoms with Crippen molar-refractivity contribution in [3.05, 3.63) is 71.6 Å². The number of aromatic nitrogens is 5. The lowest BCUT2D eigenvalue weighted by molar-refractivity contribution is -0.136. The van der Waals surface area contributed by atoms with E-state index in [1.54, 1.807) is 17.3 Å². The maximum Gasteiger partial charge on any atom is 0.270 e. The first-order valence-electron chi connectivity index (χ1n) is 18.8. The molecule has 3 aliphatic heterocycles. The van der Waals surface area contributed by atoms with Crippen LogP contribution in [0.2, 0.25) is 0 Å². The fourth-order valence-corrected chi connectivity index (χ4v) is 7.62. The van der Waals surface area contributed by atoms with E-state index in [9.17, 15) is 28.8 Å². The molecule has 8 rings (SSSR count). The Morgan fingerprint density at radius 1 is 0.964 bits per heavy atom. The molecule has 1 aromatic carbocycles. The second-order valence-corrected chi connectivity index (χ2v) is 14.5. The van der Waals surface area contributed by atoms with Crippen LogP contribution in [0, 0.1) is 6.92 Å². The molecule has 0 radical (unpaired) electrons. The number of hydrogen-bond acceptors (Lipinski definition) is 13. The maximum atomic E-state index is 13.1. The lowest BCUT2D eigenvalue weighted by Crippen LogP contribution is -2.54. The van der Waals surface area contributed by atoms with Crippen molar-refractivity contribution in [2.45, 2.75) is 57.2 Å². The lowest BCUT2D eigenvalue weighted by atomic mass is 9.86. The molecule has 3 fully saturated rings. The van der Waals surface area contributed by atoms with Gasteiger partial charge in [0.1, 0.15) is 29.3 Å². The molecule has 18 nitrogen and oxygen atoms in total. The molecule has 4 aliphatic rings. The smallest absolute Gasteiger partial charge is 0.270 e. The van der Waals surface area contributed by atoms with Gasteiger partial charge in [0, 0.05) is 56.9 Å². The van der Waals surface area contributed by atoms with Crippen LogP contribution >= 0.6 is 0 Å². The minimum atomic E-state index is -1.06. The molecule has 3 aromatic heterocycles. The van der Waals surface area contributed by atoms with Gasteiger partial charge in [0.25, 0.3) is 23.6 Å². The van der Waals surface area contributed by atoms with E-state index >= 15 is 0 Å². The summed E-state index contributed by atoms with van der Waals surface area (Å²) in [4.78, 5) is 98.3. The van der Waals surface area contributed by atoms with Crippen molar-refractivity contribution in [2.24, 2.45) is 0 Å². The number of rotatable bonds is 12. The minimum absolute atomic E-state index is 0.0362. The Kier molecular flexibility index (Phi) is 10.1. The van der Waals surface area contributed by atoms with Gasteiger partial charge >= 0.3 is 0 Å². The van der Waals surface area contributed by atoms with Crippen molar-refractivity contribution < 1.29 is 33.5 Å². The summed E-state index contributed by atoms with van der Waals surface area (Å²) in [7, 11) is 0. The Labute approximate surface area is 321 Å². The number of nitrogens with zero attached hydrogens (tertiary/aromatic N) is 8. The maximum absolute atomic E-state index is 13.1. The number of imidazole rings is 1. The number of aryl methyl sites for hydroxylation is 1. The molecule has 1 aliphatic carbocycles. The van der Waals surface area contributed by atoms with Gasteiger partial charge in [-0.2, -0.15) is 0 Å². The van der Waals surface area contributed by atoms with E-state index < -0.39 is 29.7 Å². The zero-order valence-corrected chi connectivity index (χ0v) is 30.8. The summed E-state index contributed by atoms with van der Waals surface area (Å²) in [5, 5.41) is 8.65. The first kappa shape index (κ1) is 36.7. The Hall–Kier alpha value is -6.30. The number of amides is 6. The topological polar surface area (TPSA) is 214 Å². The van der Waals surface area contributed by atoms with Gasteiger partial charge in [-0.1, -0.05) is 6.07 Å². The van der Waals surface area contributed by atoms with Crippen molar-refractivity contribution in [3.63, 3.8) is 0 Å². The number of ether oxygens (including phenoxy) is 1. The first-order valence-corrected chi connectivity index (χ1v) is 18.8. The first-order chi connectivity index (χ1) is 27.1. The Bertz CT molecular complexity index is 2230. The summed E-state index contributed by atoms with van der Waals surface area (Å²) in [5.41, 5.74) is 2.91. The van der Waals surface area contributed by atoms with Crippen LogP contribution in [0.1, 0.15) is 75.0 Å². The molecular weight excluding hydrogens is 722 g/mol. The molecule has 3 N–H and O–H groups in total. The highest BCUT2D eigenvalue weighted by atomic mass is 16.5. The summed E-state index contributed by atoms with van der Waals surface area (Å²) in [5.74, 6) is -1.78. The fraction of sp³-hybridized carbons (Fsp3) is 0.421. The second-order valence-electron chi connectivity index (χ2n) is 14.5. The van der Waals surface area contributed by atoms with Crippen molar-refractivity contribution in [1.29, 1.82) is 0 Å². The largest absolute Gasteiger partial charge is 0.484 e. The van der Waals surface area contributed by atoms with E-state index in [2.05, 4.69) is 45.4 Å². The normalized spacial score (nSPS) is 21.1. The second kappa shape index (κ2) is 15.4. The number of hydrogen-bond donors (Lipinski definition) is 3. The van der Waals surface area contributed by atoms with Crippen molar-refractivity contribution >= 4 is 52.4 Å². The van der Waals surface area contributed by atoms with Crippen LogP contribution in [0.15, 0.2) is 49.1 Å². The molecule has 6 heterocycles. The standard InChI is InChI=1S/C38H41N11O7/c1-22-4-2-5-28(43-22)35(52)44-23-16-24(17-23)48-21-42-32-33(40-20-41-34(32)48)39-10-3-11-46-12-14-47(15-13-46)31(51)19-56-25-6-7-26-27(18-25)38(55)49(37(26)54)29-8-9-30(50)45-36(29)53/h2,4-7,18,20-21,23-24,29H,3,8-17,19H2,1H3,(H,44,52)(H,39,40,41)(H,45,50,53)/t23?,24?,29-/m1/s1. The average Bonchev–Trinajstić information content (AvgIpc) is 3.71. The molecule has 2 saturated heterocycles. The highest BCUT2D eigenvalue weighted by molar-refractivity contribution is 6.23. The van der Waals surface area contributed by atoms with Crippen LogP contribution in [-0.2, 0) is 14.4 Å². The molecule has 6 amide bonds. The van der Waals surface area contributed by atoms with Gasteiger partial charge in [0.15, 0.2) is 18.1 Å². The van der Waals surface area contributed by atoms with Gasteiger partial charge in [-0.15, -0.1) is 0 Å². The number of piperidine rings is 1. The Balaban J connectivity index is 0.752. The molecule has 1 saturated carbocycles. The summed E-state index contributed by atoms with van der Waals surface area (Å²) >= 11 is 0. The number of benzene rings is 1. The average molecular weight is 764 g/mol. The van der Waals surface area contributed by atoms with Crippen LogP contribution in [0.25, 0.3) is 11.2 Å². The number of carbonyl (C=O) groups is 6. The molecule has 4 aromatic rings. The van der Waals surface area contributed by atoms with E-state index in [0.717, 1.165) is 42.0 Å². The number of pyridine rings is 1. The summed E-state index contributed by atoms with van der Waals surface area (Å²) < 4.78 is 7.78. The van der Waals surface area contributed by atoms with E-state index in [-0.39, 0.29) is 60.2 Å². The van der Waals surface area contributed by atoms with Gasteiger partial charge in [0.2, 0.25) is 11.8 Å². The predicted molar refractivity (Wildman–Crippen MR) is 199 cm³/mol. The number of nitrogens with one attached hydrogen (secondary N) is 3. The number of fused-ring (bicyclic) bond motifs is 2. The molecular formula is C38H41N11O7. The Morgan fingerprint density at radius 2 is 1.77 bits per heavy atom. The molecule has 290 valence electrons. The quantitative estimate of drug-likeness (QED) is 0.136. The highest BCUT2D eigenvalue weighted by Gasteiger charge is 2.45. The molecule has 18 heteroatoms. The van der Waals surface area contributed by atoms with Crippen LogP contribution < -0.4 is 20.7 Å². The van der Waals surface area contributed by atoms with Gasteiger partial charge in [-0.05, 0) is 69.5 Å². The third-order valence-corrected chi connectivity index (χ3v) is 10.8. The van der Waals surface area contributed by atoms with E-state index in [4.69, 9.17) is 4.74 Å². The number of imide groups is 2. The van der Waals surface area contributed by atoms with Crippen molar-refractivity contribution in [1.82, 2.24) is 49.8 Å². The number of carbonyl (C=O) groups excluding carboxylic acids is 6. The SMILES string of the molecule is Cc1cccc(C(=O)NC2CC(n3cnc4c(NCCCN5CCN(C(=O)COc6ccc7c(c6)C(=O)N([C@@H]6CCC(=O)NC6=O)C7=O)CC5)ncnc43)C2)n1. The zero-order chi connectivity index (χ0) is 38.9.